The number of fused-ring (bicyclic) bond motifs is 7. The van der Waals surface area contributed by atoms with Crippen LogP contribution in [0.25, 0.3) is 11.0 Å². The number of ether oxygens (including phenoxy) is 5. The van der Waals surface area contributed by atoms with Crippen LogP contribution >= 0.6 is 0 Å². The van der Waals surface area contributed by atoms with Gasteiger partial charge in [-0.15, -0.1) is 0 Å². The van der Waals surface area contributed by atoms with Crippen LogP contribution in [0.3, 0.4) is 0 Å². The van der Waals surface area contributed by atoms with Crippen LogP contribution in [0.4, 0.5) is 0 Å². The Morgan fingerprint density at radius 1 is 0.800 bits per heavy atom. The highest BCUT2D eigenvalue weighted by Crippen LogP contribution is 2.67. The van der Waals surface area contributed by atoms with Gasteiger partial charge in [0, 0.05) is 22.3 Å². The molecular weight excluding hydrogens is 584 g/mol. The summed E-state index contributed by atoms with van der Waals surface area (Å²) >= 11 is 0. The lowest BCUT2D eigenvalue weighted by Crippen LogP contribution is -2.54. The van der Waals surface area contributed by atoms with Gasteiger partial charge in [0.1, 0.15) is 17.4 Å². The van der Waals surface area contributed by atoms with Crippen LogP contribution in [0.15, 0.2) is 27.4 Å². The van der Waals surface area contributed by atoms with E-state index in [1.54, 1.807) is 39.8 Å². The van der Waals surface area contributed by atoms with E-state index < -0.39 is 80.7 Å². The predicted octanol–water partition coefficient (Wildman–Crippen LogP) is 4.62. The minimum Gasteiger partial charge on any atom is -0.486 e. The molecule has 0 N–H and O–H groups in total. The van der Waals surface area contributed by atoms with Crippen LogP contribution in [0, 0.1) is 28.6 Å². The Balaban J connectivity index is 1.34. The van der Waals surface area contributed by atoms with E-state index in [4.69, 9.17) is 28.1 Å². The number of esters is 4. The number of rotatable bonds is 4. The van der Waals surface area contributed by atoms with E-state index in [1.807, 2.05) is 27.7 Å². The van der Waals surface area contributed by atoms with Gasteiger partial charge < -0.3 is 28.1 Å². The fourth-order valence-corrected chi connectivity index (χ4v) is 8.55. The van der Waals surface area contributed by atoms with Crippen molar-refractivity contribution in [3.63, 3.8) is 0 Å². The standard InChI is InChI=1S/C34H38O11/c1-16-15-20(35)41-23-18(16)9-10-19-21(23)24(43-28(39)34-14-12-32(8,26(37)45-34)30(34,5)6)22(17(2)40-19)42-27(38)33-13-11-31(7,25(36)44-33)29(33,3)4/h9-10,15,17,22,24H,11-14H2,1-8H3/t17-,22+,24-,31+,32+,33-,34-/m1/s1. The van der Waals surface area contributed by atoms with Crippen LogP contribution in [0.2, 0.25) is 0 Å². The minimum absolute atomic E-state index is 0.124. The van der Waals surface area contributed by atoms with Crippen LogP contribution in [-0.4, -0.2) is 47.3 Å². The number of aryl methyl sites for hydroxylation is 1. The van der Waals surface area contributed by atoms with E-state index in [-0.39, 0.29) is 29.7 Å². The van der Waals surface area contributed by atoms with Crippen molar-refractivity contribution in [2.75, 3.05) is 0 Å². The van der Waals surface area contributed by atoms with E-state index in [0.717, 1.165) is 0 Å². The van der Waals surface area contributed by atoms with Crippen molar-refractivity contribution in [1.82, 2.24) is 0 Å². The number of carbonyl (C=O) groups excluding carboxylic acids is 4. The van der Waals surface area contributed by atoms with Crippen molar-refractivity contribution in [2.45, 2.75) is 111 Å². The van der Waals surface area contributed by atoms with Gasteiger partial charge in [-0.3, -0.25) is 9.59 Å². The largest absolute Gasteiger partial charge is 0.486 e. The highest BCUT2D eigenvalue weighted by molar-refractivity contribution is 5.95. The van der Waals surface area contributed by atoms with Crippen molar-refractivity contribution in [1.29, 1.82) is 0 Å². The monoisotopic (exact) mass is 622 g/mol. The topological polar surface area (TPSA) is 145 Å². The first-order chi connectivity index (χ1) is 20.9. The summed E-state index contributed by atoms with van der Waals surface area (Å²) in [6, 6.07) is 4.78. The van der Waals surface area contributed by atoms with E-state index >= 15 is 0 Å². The van der Waals surface area contributed by atoms with Crippen molar-refractivity contribution < 1.29 is 47.3 Å². The third-order valence-electron chi connectivity index (χ3n) is 12.8. The van der Waals surface area contributed by atoms with Gasteiger partial charge in [-0.05, 0) is 71.1 Å². The summed E-state index contributed by atoms with van der Waals surface area (Å²) in [5.74, 6) is -2.22. The van der Waals surface area contributed by atoms with Crippen molar-refractivity contribution in [3.05, 3.63) is 39.7 Å². The zero-order valence-corrected chi connectivity index (χ0v) is 26.8. The molecule has 45 heavy (non-hydrogen) atoms. The average Bonchev–Trinajstić information content (AvgIpc) is 3.42. The highest BCUT2D eigenvalue weighted by Gasteiger charge is 2.78. The van der Waals surface area contributed by atoms with Gasteiger partial charge in [-0.25, -0.2) is 14.4 Å². The highest BCUT2D eigenvalue weighted by atomic mass is 16.7. The smallest absolute Gasteiger partial charge is 0.351 e. The van der Waals surface area contributed by atoms with Gasteiger partial charge >= 0.3 is 29.5 Å². The average molecular weight is 623 g/mol. The molecule has 5 aliphatic rings. The molecule has 4 fully saturated rings. The molecule has 0 amide bonds. The first-order valence-electron chi connectivity index (χ1n) is 15.5. The normalized spacial score (nSPS) is 38.4. The molecule has 7 atom stereocenters. The van der Waals surface area contributed by atoms with E-state index in [2.05, 4.69) is 0 Å². The van der Waals surface area contributed by atoms with Gasteiger partial charge in [0.2, 0.25) is 11.2 Å². The molecule has 3 aliphatic heterocycles. The Bertz CT molecular complexity index is 1790. The third kappa shape index (κ3) is 3.29. The molecular formula is C34H38O11. The fraction of sp³-hybridized carbons (Fsp3) is 0.618. The molecule has 4 heterocycles. The maximum absolute atomic E-state index is 14.3. The second-order valence-corrected chi connectivity index (χ2v) is 15.0. The number of hydrogen-bond donors (Lipinski definition) is 0. The molecule has 240 valence electrons. The molecule has 2 aromatic rings. The molecule has 2 saturated heterocycles. The van der Waals surface area contributed by atoms with E-state index in [1.165, 1.54) is 6.07 Å². The molecule has 4 bridgehead atoms. The predicted molar refractivity (Wildman–Crippen MR) is 156 cm³/mol. The Morgan fingerprint density at radius 2 is 1.33 bits per heavy atom. The van der Waals surface area contributed by atoms with Crippen LogP contribution in [0.5, 0.6) is 5.75 Å². The lowest BCUT2D eigenvalue weighted by molar-refractivity contribution is -0.209. The number of carbonyl (C=O) groups is 4. The molecule has 2 saturated carbocycles. The second-order valence-electron chi connectivity index (χ2n) is 15.0. The summed E-state index contributed by atoms with van der Waals surface area (Å²) in [6.07, 6.45) is -2.00. The Kier molecular flexibility index (Phi) is 5.74. The van der Waals surface area contributed by atoms with E-state index in [9.17, 15) is 24.0 Å². The number of benzene rings is 1. The quantitative estimate of drug-likeness (QED) is 0.267. The van der Waals surface area contributed by atoms with Gasteiger partial charge in [0.05, 0.1) is 16.4 Å². The fourth-order valence-electron chi connectivity index (χ4n) is 8.55. The number of hydrogen-bond acceptors (Lipinski definition) is 11. The molecule has 11 heteroatoms. The lowest BCUT2D eigenvalue weighted by Gasteiger charge is -2.42. The van der Waals surface area contributed by atoms with Gasteiger partial charge in [-0.2, -0.15) is 0 Å². The van der Waals surface area contributed by atoms with Gasteiger partial charge in [0.25, 0.3) is 0 Å². The molecule has 1 aromatic heterocycles. The van der Waals surface area contributed by atoms with Crippen molar-refractivity contribution >= 4 is 34.8 Å². The summed E-state index contributed by atoms with van der Waals surface area (Å²) < 4.78 is 36.0. The van der Waals surface area contributed by atoms with Crippen LogP contribution in [-0.2, 0) is 38.1 Å². The Labute approximate surface area is 259 Å². The second kappa shape index (κ2) is 8.67. The van der Waals surface area contributed by atoms with Gasteiger partial charge in [0.15, 0.2) is 12.2 Å². The Hall–Kier alpha value is -3.89. The molecule has 0 spiro atoms. The van der Waals surface area contributed by atoms with Gasteiger partial charge in [-0.1, -0.05) is 27.7 Å². The zero-order valence-electron chi connectivity index (χ0n) is 26.8. The zero-order chi connectivity index (χ0) is 32.7. The molecule has 1 aromatic carbocycles. The summed E-state index contributed by atoms with van der Waals surface area (Å²) in [7, 11) is 0. The molecule has 0 unspecified atom stereocenters. The Morgan fingerprint density at radius 3 is 1.82 bits per heavy atom. The summed E-state index contributed by atoms with van der Waals surface area (Å²) in [6.45, 7) is 14.3. The van der Waals surface area contributed by atoms with Crippen LogP contribution < -0.4 is 10.4 Å². The molecule has 2 aliphatic carbocycles. The summed E-state index contributed by atoms with van der Waals surface area (Å²) in [5.41, 5.74) is -6.33. The minimum atomic E-state index is -1.58. The van der Waals surface area contributed by atoms with E-state index in [0.29, 0.717) is 23.8 Å². The van der Waals surface area contributed by atoms with Crippen LogP contribution in [0.1, 0.15) is 91.4 Å². The lowest BCUT2D eigenvalue weighted by atomic mass is 9.66. The maximum atomic E-state index is 14.3. The molecule has 11 nitrogen and oxygen atoms in total. The third-order valence-corrected chi connectivity index (χ3v) is 12.8. The summed E-state index contributed by atoms with van der Waals surface area (Å²) in [5, 5.41) is 0.577. The summed E-state index contributed by atoms with van der Waals surface area (Å²) in [4.78, 5) is 67.1. The maximum Gasteiger partial charge on any atom is 0.351 e. The molecule has 0 radical (unpaired) electrons. The first-order valence-corrected chi connectivity index (χ1v) is 15.5. The first kappa shape index (κ1) is 29.8. The molecule has 7 rings (SSSR count). The van der Waals surface area contributed by atoms with Crippen molar-refractivity contribution in [2.24, 2.45) is 21.7 Å². The SMILES string of the molecule is Cc1cc(=O)oc2c3c(ccc12)O[C@H](C)[C@H](OC(=O)[C@@]12CC[C@@](C)(C(=O)O1)C2(C)C)[C@@H]3OC(=O)[C@@]12CC[C@@](C)(C(=O)O1)C2(C)C. The van der Waals surface area contributed by atoms with Crippen molar-refractivity contribution in [3.8, 4) is 5.75 Å².